The third-order valence-corrected chi connectivity index (χ3v) is 22.3. The first kappa shape index (κ1) is 68.7. The monoisotopic (exact) mass is 1260 g/mol. The lowest BCUT2D eigenvalue weighted by molar-refractivity contribution is -0.406. The van der Waals surface area contributed by atoms with E-state index in [1.807, 2.05) is 13.8 Å². The molecular formula is C57H96O30. The molecule has 6 saturated heterocycles. The predicted molar refractivity (Wildman–Crippen MR) is 286 cm³/mol. The molecule has 0 aromatic carbocycles. The average molecular weight is 1260 g/mol. The summed E-state index contributed by atoms with van der Waals surface area (Å²) in [6.07, 6.45) is -39.9. The number of aliphatic hydroxyl groups is 19. The van der Waals surface area contributed by atoms with Gasteiger partial charge in [-0.1, -0.05) is 27.7 Å². The van der Waals surface area contributed by atoms with Crippen LogP contribution in [0.2, 0.25) is 0 Å². The van der Waals surface area contributed by atoms with Crippen LogP contribution in [-0.4, -0.2) is 314 Å². The lowest BCUT2D eigenvalue weighted by Crippen LogP contribution is -2.68. The van der Waals surface area contributed by atoms with Gasteiger partial charge in [0, 0.05) is 23.7 Å². The second-order valence-corrected chi connectivity index (χ2v) is 27.2. The first-order chi connectivity index (χ1) is 41.2. The Morgan fingerprint density at radius 1 is 0.483 bits per heavy atom. The van der Waals surface area contributed by atoms with E-state index in [1.54, 1.807) is 0 Å². The van der Waals surface area contributed by atoms with E-state index in [0.29, 0.717) is 38.5 Å². The summed E-state index contributed by atoms with van der Waals surface area (Å²) in [5.41, 5.74) is -0.773. The normalized spacial score (nSPS) is 55.6. The van der Waals surface area contributed by atoms with E-state index < -0.39 is 210 Å². The zero-order valence-electron chi connectivity index (χ0n) is 49.3. The Balaban J connectivity index is 0.775. The molecule has 0 aromatic heterocycles. The second kappa shape index (κ2) is 27.3. The molecule has 4 aliphatic carbocycles. The van der Waals surface area contributed by atoms with Crippen LogP contribution in [0.5, 0.6) is 0 Å². The van der Waals surface area contributed by atoms with E-state index in [-0.39, 0.29) is 66.0 Å². The number of aliphatic hydroxyl groups excluding tert-OH is 18. The summed E-state index contributed by atoms with van der Waals surface area (Å²) in [4.78, 5) is 0. The van der Waals surface area contributed by atoms with Crippen molar-refractivity contribution in [1.29, 1.82) is 0 Å². The van der Waals surface area contributed by atoms with Crippen LogP contribution < -0.4 is 0 Å². The minimum absolute atomic E-state index is 0.0910. The van der Waals surface area contributed by atoms with Gasteiger partial charge >= 0.3 is 0 Å². The summed E-state index contributed by atoms with van der Waals surface area (Å²) in [6.45, 7) is 4.25. The Bertz CT molecular complexity index is 2220. The molecule has 19 N–H and O–H groups in total. The molecule has 504 valence electrons. The molecule has 0 aromatic rings. The standard InChI is InChI=1S/C57H96O30/c1-20(19-77-50-43(72)39(68)35(64)28(14-58)79-50)7-10-57(76)21(2)34-27(87-57)12-26-24-6-5-22-11-23(8-9-55(22,3)25(24)13-33(63)56(26,34)4)78-51-46(75)42(71)47(32(18-62)83-51)84-54-49(86-53-45(74)41(70)37(66)30(16-60)81-53)48(38(67)31(17-61)82-54)85-52-44(73)40(69)36(65)29(15-59)80-52/h20-54,58-76H,5-19H2,1-4H3/t20-,21+,22+,23?,24?,25?,26?,27?,28-,29-,30-,31-,32-,33+,34?,35-,36-,37-,38-,39+,40+,41+,42-,43-,44-,45-,46-,47+,48+,49-,50-,51-,52+,53+,54+,55+,56-,57?/m1/s1. The number of hydrogen-bond donors (Lipinski definition) is 19. The molecule has 10 aliphatic rings. The highest BCUT2D eigenvalue weighted by atomic mass is 16.8. The van der Waals surface area contributed by atoms with Gasteiger partial charge < -0.3 is 149 Å². The maximum absolute atomic E-state index is 12.4. The van der Waals surface area contributed by atoms with Crippen molar-refractivity contribution in [2.24, 2.45) is 52.3 Å². The van der Waals surface area contributed by atoms with E-state index in [0.717, 1.165) is 12.8 Å². The van der Waals surface area contributed by atoms with E-state index in [4.69, 9.17) is 52.1 Å². The van der Waals surface area contributed by atoms with E-state index >= 15 is 0 Å². The van der Waals surface area contributed by atoms with E-state index in [9.17, 15) is 97.0 Å². The van der Waals surface area contributed by atoms with Crippen LogP contribution in [0.25, 0.3) is 0 Å². The molecule has 4 saturated carbocycles. The van der Waals surface area contributed by atoms with E-state index in [2.05, 4.69) is 13.8 Å². The highest BCUT2D eigenvalue weighted by molar-refractivity contribution is 5.18. The van der Waals surface area contributed by atoms with Crippen LogP contribution in [0.1, 0.15) is 85.5 Å². The first-order valence-corrected chi connectivity index (χ1v) is 31.0. The maximum atomic E-state index is 12.4. The quantitative estimate of drug-likeness (QED) is 0.0534. The van der Waals surface area contributed by atoms with Crippen molar-refractivity contribution in [1.82, 2.24) is 0 Å². The molecule has 0 amide bonds. The van der Waals surface area contributed by atoms with E-state index in [1.165, 1.54) is 0 Å². The second-order valence-electron chi connectivity index (χ2n) is 27.2. The molecule has 0 bridgehead atoms. The van der Waals surface area contributed by atoms with Crippen LogP contribution in [0.15, 0.2) is 0 Å². The molecule has 10 fully saturated rings. The molecular weight excluding hydrogens is 1160 g/mol. The zero-order chi connectivity index (χ0) is 63.1. The number of hydrogen-bond acceptors (Lipinski definition) is 30. The zero-order valence-corrected chi connectivity index (χ0v) is 49.3. The number of ether oxygens (including phenoxy) is 11. The van der Waals surface area contributed by atoms with Crippen LogP contribution in [0, 0.1) is 52.3 Å². The molecule has 6 aliphatic heterocycles. The molecule has 30 nitrogen and oxygen atoms in total. The summed E-state index contributed by atoms with van der Waals surface area (Å²) in [5, 5.41) is 205. The Kier molecular flexibility index (Phi) is 21.5. The van der Waals surface area contributed by atoms with Gasteiger partial charge in [-0.2, -0.15) is 0 Å². The van der Waals surface area contributed by atoms with Crippen LogP contribution >= 0.6 is 0 Å². The molecule has 0 radical (unpaired) electrons. The summed E-state index contributed by atoms with van der Waals surface area (Å²) >= 11 is 0. The summed E-state index contributed by atoms with van der Waals surface area (Å²) in [7, 11) is 0. The lowest BCUT2D eigenvalue weighted by atomic mass is 9.43. The highest BCUT2D eigenvalue weighted by Crippen LogP contribution is 2.71. The molecule has 10 rings (SSSR count). The largest absolute Gasteiger partial charge is 0.394 e. The summed E-state index contributed by atoms with van der Waals surface area (Å²) in [6, 6.07) is 0. The van der Waals surface area contributed by atoms with Gasteiger partial charge in [0.25, 0.3) is 0 Å². The first-order valence-electron chi connectivity index (χ1n) is 31.0. The van der Waals surface area contributed by atoms with Gasteiger partial charge in [0.2, 0.25) is 0 Å². The molecule has 7 unspecified atom stereocenters. The van der Waals surface area contributed by atoms with Crippen LogP contribution in [-0.2, 0) is 52.1 Å². The predicted octanol–water partition coefficient (Wildman–Crippen LogP) is -7.16. The van der Waals surface area contributed by atoms with Crippen molar-refractivity contribution >= 4 is 0 Å². The van der Waals surface area contributed by atoms with Crippen molar-refractivity contribution in [3.05, 3.63) is 0 Å². The van der Waals surface area contributed by atoms with Crippen molar-refractivity contribution < 1.29 is 149 Å². The fourth-order valence-electron chi connectivity index (χ4n) is 17.1. The number of rotatable bonds is 19. The molecule has 38 atom stereocenters. The fraction of sp³-hybridized carbons (Fsp3) is 1.00. The summed E-state index contributed by atoms with van der Waals surface area (Å²) < 4.78 is 65.8. The van der Waals surface area contributed by atoms with Crippen LogP contribution in [0.4, 0.5) is 0 Å². The fourth-order valence-corrected chi connectivity index (χ4v) is 17.1. The van der Waals surface area contributed by atoms with Crippen molar-refractivity contribution in [2.45, 2.75) is 263 Å². The Labute approximate surface area is 502 Å². The average Bonchev–Trinajstić information content (AvgIpc) is 1.58. The van der Waals surface area contributed by atoms with Crippen molar-refractivity contribution in [3.63, 3.8) is 0 Å². The molecule has 6 heterocycles. The Hall–Kier alpha value is -1.20. The minimum Gasteiger partial charge on any atom is -0.394 e. The summed E-state index contributed by atoms with van der Waals surface area (Å²) in [5.74, 6) is -1.46. The molecule has 30 heteroatoms. The topological polar surface area (TPSA) is 486 Å². The highest BCUT2D eigenvalue weighted by Gasteiger charge is 2.71. The van der Waals surface area contributed by atoms with Gasteiger partial charge in [0.15, 0.2) is 37.2 Å². The Morgan fingerprint density at radius 3 is 1.54 bits per heavy atom. The van der Waals surface area contributed by atoms with Gasteiger partial charge in [-0.05, 0) is 86.4 Å². The molecule has 87 heavy (non-hydrogen) atoms. The van der Waals surface area contributed by atoms with Gasteiger partial charge in [-0.15, -0.1) is 0 Å². The van der Waals surface area contributed by atoms with Gasteiger partial charge in [-0.25, -0.2) is 0 Å². The maximum Gasteiger partial charge on any atom is 0.187 e. The Morgan fingerprint density at radius 2 is 0.966 bits per heavy atom. The number of fused-ring (bicyclic) bond motifs is 7. The van der Waals surface area contributed by atoms with Gasteiger partial charge in [-0.3, -0.25) is 0 Å². The van der Waals surface area contributed by atoms with Crippen LogP contribution in [0.3, 0.4) is 0 Å². The minimum atomic E-state index is -2.08. The van der Waals surface area contributed by atoms with Crippen molar-refractivity contribution in [2.75, 3.05) is 39.6 Å². The van der Waals surface area contributed by atoms with Gasteiger partial charge in [0.1, 0.15) is 122 Å². The third-order valence-electron chi connectivity index (χ3n) is 22.3. The molecule has 0 spiro atoms. The third kappa shape index (κ3) is 12.5. The van der Waals surface area contributed by atoms with Gasteiger partial charge in [0.05, 0.1) is 58.0 Å². The van der Waals surface area contributed by atoms with Crippen molar-refractivity contribution in [3.8, 4) is 0 Å². The SMILES string of the molecule is C[C@H](CCC1(O)OC2CC3C4CC[C@H]5CC(O[C@@H]6O[C@H](CO)[C@H](O[C@@H]7O[C@H](CO)[C@@H](O)[C@H](O[C@@H]8O[C@H](CO)[C@@H](O)[C@H](O)[C@H]8O)[C@H]7O[C@@H]7O[C@H](CO)[C@@H](O)[C@H](O)[C@H]7O)[C@H](O)[C@H]6O)CC[C@]5(C)C4C[C@H](O)[C@]3(C)C2[C@@H]1C)CO[C@@H]1O[C@H](CO)[C@@H](O)[C@H](O)[C@H]1O. The smallest absolute Gasteiger partial charge is 0.187 e. The lowest BCUT2D eigenvalue weighted by Gasteiger charge is -2.62.